The Balaban J connectivity index is 1.28. The summed E-state index contributed by atoms with van der Waals surface area (Å²) in [5.74, 6) is -0.0271. The van der Waals surface area contributed by atoms with Crippen LogP contribution in [0.3, 0.4) is 0 Å². The number of hydrogen-bond donors (Lipinski definition) is 3. The molecule has 12 heteroatoms. The van der Waals surface area contributed by atoms with Crippen molar-refractivity contribution in [2.45, 2.75) is 84.5 Å². The molecule has 0 bridgehead atoms. The van der Waals surface area contributed by atoms with Crippen LogP contribution >= 0.6 is 0 Å². The topological polar surface area (TPSA) is 144 Å². The van der Waals surface area contributed by atoms with Crippen molar-refractivity contribution in [2.75, 3.05) is 23.7 Å². The van der Waals surface area contributed by atoms with Crippen molar-refractivity contribution in [3.05, 3.63) is 68.9 Å². The third-order valence-corrected chi connectivity index (χ3v) is 7.93. The maximum absolute atomic E-state index is 13.4. The summed E-state index contributed by atoms with van der Waals surface area (Å²) in [5.41, 5.74) is 0.245. The van der Waals surface area contributed by atoms with Crippen LogP contribution in [0.15, 0.2) is 52.1 Å². The molecule has 3 aromatic rings. The molecule has 0 radical (unpaired) electrons. The Morgan fingerprint density at radius 2 is 1.73 bits per heavy atom. The van der Waals surface area contributed by atoms with Gasteiger partial charge in [0.1, 0.15) is 5.60 Å². The highest BCUT2D eigenvalue weighted by atomic mass is 16.6. The van der Waals surface area contributed by atoms with E-state index in [2.05, 4.69) is 16.0 Å². The van der Waals surface area contributed by atoms with E-state index in [1.165, 1.54) is 4.57 Å². The number of carbonyl (C=O) groups is 3. The first-order valence-electron chi connectivity index (χ1n) is 15.6. The van der Waals surface area contributed by atoms with Crippen LogP contribution in [-0.2, 0) is 11.3 Å². The molecule has 1 aromatic heterocycles. The molecule has 1 aliphatic carbocycles. The van der Waals surface area contributed by atoms with E-state index in [0.717, 1.165) is 12.8 Å². The SMILES string of the molecule is CC(C)n1c(=O)n(CC2CC2)c(=O)c2cc(NC(=O)N3CCC[C@@H](NC(=O)c4ccccc4NC(=O)OC(C)(C)C)C3)ccc21. The minimum atomic E-state index is -0.689. The van der Waals surface area contributed by atoms with E-state index in [1.54, 1.807) is 72.7 Å². The predicted molar refractivity (Wildman–Crippen MR) is 173 cm³/mol. The molecule has 2 aliphatic rings. The van der Waals surface area contributed by atoms with Gasteiger partial charge in [-0.2, -0.15) is 0 Å². The van der Waals surface area contributed by atoms with Crippen LogP contribution in [0.2, 0.25) is 0 Å². The number of likely N-dealkylation sites (tertiary alicyclic amines) is 1. The fraction of sp³-hybridized carbons (Fsp3) is 0.485. The molecular formula is C33H42N6O6. The summed E-state index contributed by atoms with van der Waals surface area (Å²) >= 11 is 0. The van der Waals surface area contributed by atoms with Gasteiger partial charge in [-0.05, 0) is 96.6 Å². The Morgan fingerprint density at radius 1 is 1.00 bits per heavy atom. The Morgan fingerprint density at radius 3 is 2.42 bits per heavy atom. The second-order valence-electron chi connectivity index (χ2n) is 13.2. The lowest BCUT2D eigenvalue weighted by Crippen LogP contribution is -2.50. The number of nitrogens with one attached hydrogen (secondary N) is 3. The number of para-hydroxylation sites is 1. The molecule has 45 heavy (non-hydrogen) atoms. The molecule has 3 N–H and O–H groups in total. The normalized spacial score (nSPS) is 16.8. The Bertz CT molecular complexity index is 1730. The molecule has 2 fully saturated rings. The number of hydrogen-bond acceptors (Lipinski definition) is 6. The van der Waals surface area contributed by atoms with E-state index >= 15 is 0 Å². The number of benzene rings is 2. The Labute approximate surface area is 261 Å². The first-order valence-corrected chi connectivity index (χ1v) is 15.6. The lowest BCUT2D eigenvalue weighted by Gasteiger charge is -2.33. The van der Waals surface area contributed by atoms with Crippen molar-refractivity contribution in [3.8, 4) is 0 Å². The number of aromatic nitrogens is 2. The van der Waals surface area contributed by atoms with Gasteiger partial charge in [0.2, 0.25) is 0 Å². The molecular weight excluding hydrogens is 576 g/mol. The number of urea groups is 1. The minimum Gasteiger partial charge on any atom is -0.444 e. The molecule has 1 aliphatic heterocycles. The number of carbonyl (C=O) groups excluding carboxylic acids is 3. The fourth-order valence-corrected chi connectivity index (χ4v) is 5.63. The first kappa shape index (κ1) is 31.8. The molecule has 240 valence electrons. The lowest BCUT2D eigenvalue weighted by atomic mass is 10.0. The molecule has 12 nitrogen and oxygen atoms in total. The quantitative estimate of drug-likeness (QED) is 0.343. The molecule has 2 heterocycles. The van der Waals surface area contributed by atoms with Gasteiger partial charge in [0.25, 0.3) is 11.5 Å². The highest BCUT2D eigenvalue weighted by Crippen LogP contribution is 2.30. The summed E-state index contributed by atoms with van der Waals surface area (Å²) in [7, 11) is 0. The number of fused-ring (bicyclic) bond motifs is 1. The van der Waals surface area contributed by atoms with Gasteiger partial charge >= 0.3 is 17.8 Å². The van der Waals surface area contributed by atoms with Crippen molar-refractivity contribution in [1.29, 1.82) is 0 Å². The number of anilines is 2. The van der Waals surface area contributed by atoms with Crippen molar-refractivity contribution in [3.63, 3.8) is 0 Å². The van der Waals surface area contributed by atoms with Crippen LogP contribution in [0.1, 0.15) is 76.7 Å². The third-order valence-electron chi connectivity index (χ3n) is 7.93. The highest BCUT2D eigenvalue weighted by molar-refractivity contribution is 6.03. The van der Waals surface area contributed by atoms with E-state index in [4.69, 9.17) is 4.74 Å². The van der Waals surface area contributed by atoms with Gasteiger partial charge in [0, 0.05) is 37.4 Å². The molecule has 0 unspecified atom stereocenters. The number of rotatable bonds is 7. The van der Waals surface area contributed by atoms with Gasteiger partial charge in [-0.25, -0.2) is 14.4 Å². The highest BCUT2D eigenvalue weighted by Gasteiger charge is 2.28. The second kappa shape index (κ2) is 12.8. The van der Waals surface area contributed by atoms with Crippen molar-refractivity contribution in [1.82, 2.24) is 19.4 Å². The van der Waals surface area contributed by atoms with E-state index in [9.17, 15) is 24.0 Å². The van der Waals surface area contributed by atoms with E-state index in [1.807, 2.05) is 13.8 Å². The summed E-state index contributed by atoms with van der Waals surface area (Å²) in [6.07, 6.45) is 2.72. The van der Waals surface area contributed by atoms with E-state index in [-0.39, 0.29) is 47.4 Å². The van der Waals surface area contributed by atoms with Crippen LogP contribution in [0.4, 0.5) is 21.0 Å². The molecule has 0 spiro atoms. The van der Waals surface area contributed by atoms with Crippen molar-refractivity contribution in [2.24, 2.45) is 5.92 Å². The minimum absolute atomic E-state index is 0.146. The summed E-state index contributed by atoms with van der Waals surface area (Å²) in [4.78, 5) is 67.1. The summed E-state index contributed by atoms with van der Waals surface area (Å²) in [5, 5.41) is 8.92. The van der Waals surface area contributed by atoms with Gasteiger partial charge in [-0.1, -0.05) is 12.1 Å². The Hall–Kier alpha value is -4.61. The number of amides is 4. The summed E-state index contributed by atoms with van der Waals surface area (Å²) < 4.78 is 8.28. The second-order valence-corrected chi connectivity index (χ2v) is 13.2. The van der Waals surface area contributed by atoms with Crippen LogP contribution in [0.25, 0.3) is 10.9 Å². The van der Waals surface area contributed by atoms with Gasteiger partial charge < -0.3 is 20.3 Å². The van der Waals surface area contributed by atoms with Gasteiger partial charge in [-0.3, -0.25) is 24.0 Å². The number of ether oxygens (including phenoxy) is 1. The van der Waals surface area contributed by atoms with Gasteiger partial charge in [0.05, 0.1) is 22.2 Å². The maximum atomic E-state index is 13.4. The van der Waals surface area contributed by atoms with E-state index in [0.29, 0.717) is 54.1 Å². The summed E-state index contributed by atoms with van der Waals surface area (Å²) in [6, 6.07) is 10.9. The predicted octanol–water partition coefficient (Wildman–Crippen LogP) is 4.93. The zero-order chi connectivity index (χ0) is 32.5. The standard InChI is InChI=1S/C33H42N6O6/c1-20(2)39-27-15-14-22(17-25(27)29(41)38(32(39)44)18-21-12-13-21)35-30(42)37-16-8-9-23(19-37)34-28(40)24-10-6-7-11-26(24)36-31(43)45-33(3,4)5/h6-7,10-11,14-15,17,20-21,23H,8-9,12-13,16,18-19H2,1-5H3,(H,34,40)(H,35,42)(H,36,43)/t23-/m1/s1. The molecule has 4 amide bonds. The average Bonchev–Trinajstić information content (AvgIpc) is 3.79. The largest absolute Gasteiger partial charge is 0.444 e. The molecule has 1 atom stereocenters. The van der Waals surface area contributed by atoms with Gasteiger partial charge in [0.15, 0.2) is 0 Å². The third kappa shape index (κ3) is 7.55. The zero-order valence-corrected chi connectivity index (χ0v) is 26.5. The van der Waals surface area contributed by atoms with Crippen LogP contribution in [-0.4, -0.2) is 56.8 Å². The zero-order valence-electron chi connectivity index (χ0n) is 26.5. The van der Waals surface area contributed by atoms with Crippen molar-refractivity contribution >= 4 is 40.3 Å². The van der Waals surface area contributed by atoms with Crippen LogP contribution in [0, 0.1) is 5.92 Å². The number of nitrogens with zero attached hydrogens (tertiary/aromatic N) is 3. The first-order chi connectivity index (χ1) is 21.3. The molecule has 5 rings (SSSR count). The average molecular weight is 619 g/mol. The Kier molecular flexibility index (Phi) is 9.03. The van der Waals surface area contributed by atoms with E-state index < -0.39 is 11.7 Å². The lowest BCUT2D eigenvalue weighted by molar-refractivity contribution is 0.0636. The van der Waals surface area contributed by atoms with Crippen molar-refractivity contribution < 1.29 is 19.1 Å². The molecule has 1 saturated carbocycles. The fourth-order valence-electron chi connectivity index (χ4n) is 5.63. The monoisotopic (exact) mass is 618 g/mol. The number of piperidine rings is 1. The van der Waals surface area contributed by atoms with Crippen LogP contribution in [0.5, 0.6) is 0 Å². The smallest absolute Gasteiger partial charge is 0.412 e. The summed E-state index contributed by atoms with van der Waals surface area (Å²) in [6.45, 7) is 10.3. The maximum Gasteiger partial charge on any atom is 0.412 e. The molecule has 1 saturated heterocycles. The van der Waals surface area contributed by atoms with Gasteiger partial charge in [-0.15, -0.1) is 0 Å². The molecule has 2 aromatic carbocycles. The van der Waals surface area contributed by atoms with Crippen LogP contribution < -0.4 is 27.2 Å².